The van der Waals surface area contributed by atoms with E-state index in [-0.39, 0.29) is 5.69 Å². The van der Waals surface area contributed by atoms with Crippen LogP contribution in [0.5, 0.6) is 0 Å². The van der Waals surface area contributed by atoms with Gasteiger partial charge in [-0.3, -0.25) is 9.59 Å². The van der Waals surface area contributed by atoms with Crippen LogP contribution in [0, 0.1) is 6.92 Å². The number of halogens is 4. The van der Waals surface area contributed by atoms with E-state index in [1.54, 1.807) is 37.3 Å². The topological polar surface area (TPSA) is 67.2 Å². The molecule has 10 heteroatoms. The molecule has 1 N–H and O–H groups in total. The smallest absolute Gasteiger partial charge is 0.332 e. The number of rotatable bonds is 5. The Morgan fingerprint density at radius 3 is 2.45 bits per heavy atom. The molecule has 0 saturated heterocycles. The van der Waals surface area contributed by atoms with Crippen molar-refractivity contribution in [3.63, 3.8) is 0 Å². The molecule has 6 nitrogen and oxygen atoms in total. The molecule has 0 atom stereocenters. The van der Waals surface area contributed by atoms with Crippen molar-refractivity contribution in [1.82, 2.24) is 14.7 Å². The molecule has 1 heterocycles. The molecule has 0 aliphatic carbocycles. The number of alkyl halides is 3. The summed E-state index contributed by atoms with van der Waals surface area (Å²) in [4.78, 5) is 25.8. The average molecular weight is 451 g/mol. The highest BCUT2D eigenvalue weighted by molar-refractivity contribution is 6.30. The fourth-order valence-electron chi connectivity index (χ4n) is 2.92. The van der Waals surface area contributed by atoms with Crippen molar-refractivity contribution in [3.05, 3.63) is 76.6 Å². The number of nitrogens with zero attached hydrogens (tertiary/aromatic N) is 3. The van der Waals surface area contributed by atoms with Crippen molar-refractivity contribution in [3.8, 4) is 5.69 Å². The lowest BCUT2D eigenvalue weighted by Gasteiger charge is -2.18. The highest BCUT2D eigenvalue weighted by atomic mass is 35.5. The first-order chi connectivity index (χ1) is 14.6. The number of aryl methyl sites for hydroxylation is 1. The summed E-state index contributed by atoms with van der Waals surface area (Å²) in [5.41, 5.74) is -0.416. The number of likely N-dealkylation sites (N-methyl/N-ethyl adjacent to an activating group) is 1. The Bertz CT molecular complexity index is 1110. The second-order valence-electron chi connectivity index (χ2n) is 6.87. The molecular weight excluding hydrogens is 433 g/mol. The molecule has 0 fully saturated rings. The molecule has 2 amide bonds. The molecule has 1 aromatic heterocycles. The fraction of sp³-hybridized carbons (Fsp3) is 0.190. The minimum absolute atomic E-state index is 0.165. The summed E-state index contributed by atoms with van der Waals surface area (Å²) < 4.78 is 42.1. The van der Waals surface area contributed by atoms with Crippen molar-refractivity contribution < 1.29 is 22.8 Å². The van der Waals surface area contributed by atoms with Crippen LogP contribution in [-0.2, 0) is 11.0 Å². The van der Waals surface area contributed by atoms with E-state index in [0.29, 0.717) is 15.4 Å². The van der Waals surface area contributed by atoms with Gasteiger partial charge in [0.05, 0.1) is 24.0 Å². The van der Waals surface area contributed by atoms with Gasteiger partial charge < -0.3 is 10.2 Å². The molecule has 0 saturated carbocycles. The summed E-state index contributed by atoms with van der Waals surface area (Å²) in [7, 11) is 1.24. The van der Waals surface area contributed by atoms with E-state index in [9.17, 15) is 22.8 Å². The minimum Gasteiger partial charge on any atom is -0.332 e. The number of hydrogen-bond donors (Lipinski definition) is 1. The summed E-state index contributed by atoms with van der Waals surface area (Å²) in [6, 6.07) is 12.6. The maximum atomic E-state index is 13.8. The number of aromatic nitrogens is 2. The predicted octanol–water partition coefficient (Wildman–Crippen LogP) is 4.56. The van der Waals surface area contributed by atoms with E-state index in [0.717, 1.165) is 16.7 Å². The van der Waals surface area contributed by atoms with Crippen LogP contribution in [-0.4, -0.2) is 40.1 Å². The van der Waals surface area contributed by atoms with Crippen LogP contribution in [0.15, 0.2) is 54.7 Å². The monoisotopic (exact) mass is 450 g/mol. The van der Waals surface area contributed by atoms with Crippen LogP contribution in [0.2, 0.25) is 5.02 Å². The Morgan fingerprint density at radius 2 is 1.84 bits per heavy atom. The molecular formula is C21H18ClF3N4O2. The number of nitrogens with one attached hydrogen (secondary N) is 1. The molecule has 0 bridgehead atoms. The van der Waals surface area contributed by atoms with Crippen LogP contribution in [0.25, 0.3) is 5.69 Å². The maximum absolute atomic E-state index is 13.8. The van der Waals surface area contributed by atoms with E-state index in [2.05, 4.69) is 10.4 Å². The highest BCUT2D eigenvalue weighted by Gasteiger charge is 2.41. The number of hydrogen-bond acceptors (Lipinski definition) is 3. The third-order valence-electron chi connectivity index (χ3n) is 4.38. The second kappa shape index (κ2) is 8.81. The zero-order chi connectivity index (χ0) is 22.8. The summed E-state index contributed by atoms with van der Waals surface area (Å²) in [5.74, 6) is -1.57. The minimum atomic E-state index is -4.84. The van der Waals surface area contributed by atoms with Crippen molar-refractivity contribution >= 4 is 29.1 Å². The van der Waals surface area contributed by atoms with Gasteiger partial charge in [0, 0.05) is 17.8 Å². The highest BCUT2D eigenvalue weighted by Crippen LogP contribution is 2.34. The van der Waals surface area contributed by atoms with Crippen LogP contribution >= 0.6 is 11.6 Å². The third kappa shape index (κ3) is 5.24. The van der Waals surface area contributed by atoms with Gasteiger partial charge in [-0.05, 0) is 37.3 Å². The molecule has 3 aromatic rings. The molecule has 0 aliphatic heterocycles. The van der Waals surface area contributed by atoms with E-state index in [4.69, 9.17) is 11.6 Å². The van der Waals surface area contributed by atoms with Gasteiger partial charge in [-0.25, -0.2) is 4.68 Å². The Kier molecular flexibility index (Phi) is 6.35. The number of benzene rings is 2. The Balaban J connectivity index is 1.83. The molecule has 2 aromatic carbocycles. The normalized spacial score (nSPS) is 11.3. The van der Waals surface area contributed by atoms with Crippen LogP contribution < -0.4 is 5.32 Å². The SMILES string of the molecule is Cc1ccc(-n2ncc(C(=O)N(C)CC(=O)Nc3cccc(Cl)c3)c2C(F)(F)F)cc1. The zero-order valence-electron chi connectivity index (χ0n) is 16.6. The van der Waals surface area contributed by atoms with Crippen LogP contribution in [0.3, 0.4) is 0 Å². The number of carbonyl (C=O) groups excluding carboxylic acids is 2. The number of carbonyl (C=O) groups is 2. The van der Waals surface area contributed by atoms with Crippen molar-refractivity contribution in [2.45, 2.75) is 13.1 Å². The summed E-state index contributed by atoms with van der Waals surface area (Å²) in [5, 5.41) is 6.72. The van der Waals surface area contributed by atoms with Gasteiger partial charge in [-0.2, -0.15) is 18.3 Å². The Labute approximate surface area is 181 Å². The van der Waals surface area contributed by atoms with Crippen LogP contribution in [0.4, 0.5) is 18.9 Å². The molecule has 0 unspecified atom stereocenters. The van der Waals surface area contributed by atoms with Gasteiger partial charge in [-0.15, -0.1) is 0 Å². The summed E-state index contributed by atoms with van der Waals surface area (Å²) in [6.45, 7) is 1.34. The van der Waals surface area contributed by atoms with Crippen molar-refractivity contribution in [1.29, 1.82) is 0 Å². The molecule has 0 aliphatic rings. The third-order valence-corrected chi connectivity index (χ3v) is 4.62. The lowest BCUT2D eigenvalue weighted by Crippen LogP contribution is -2.35. The zero-order valence-corrected chi connectivity index (χ0v) is 17.3. The number of amides is 2. The molecule has 0 radical (unpaired) electrons. The molecule has 162 valence electrons. The van der Waals surface area contributed by atoms with Gasteiger partial charge >= 0.3 is 6.18 Å². The number of anilines is 1. The second-order valence-corrected chi connectivity index (χ2v) is 7.31. The predicted molar refractivity (Wildman–Crippen MR) is 110 cm³/mol. The first kappa shape index (κ1) is 22.4. The van der Waals surface area contributed by atoms with E-state index < -0.39 is 35.8 Å². The molecule has 31 heavy (non-hydrogen) atoms. The lowest BCUT2D eigenvalue weighted by atomic mass is 10.2. The lowest BCUT2D eigenvalue weighted by molar-refractivity contribution is -0.143. The van der Waals surface area contributed by atoms with Gasteiger partial charge in [0.15, 0.2) is 5.69 Å². The summed E-state index contributed by atoms with van der Waals surface area (Å²) in [6.07, 6.45) is -3.98. The fourth-order valence-corrected chi connectivity index (χ4v) is 3.11. The first-order valence-electron chi connectivity index (χ1n) is 9.09. The van der Waals surface area contributed by atoms with Gasteiger partial charge in [0.2, 0.25) is 5.91 Å². The summed E-state index contributed by atoms with van der Waals surface area (Å²) >= 11 is 5.85. The molecule has 0 spiro atoms. The molecule has 3 rings (SSSR count). The standard InChI is InChI=1S/C21H18ClF3N4O2/c1-13-6-8-16(9-7-13)29-19(21(23,24)25)17(11-26-29)20(31)28(2)12-18(30)27-15-5-3-4-14(22)10-15/h3-11H,12H2,1-2H3,(H,27,30). The van der Waals surface area contributed by atoms with Gasteiger partial charge in [0.25, 0.3) is 5.91 Å². The van der Waals surface area contributed by atoms with Crippen molar-refractivity contribution in [2.75, 3.05) is 18.9 Å². The quantitative estimate of drug-likeness (QED) is 0.619. The Morgan fingerprint density at radius 1 is 1.16 bits per heavy atom. The van der Waals surface area contributed by atoms with E-state index in [1.807, 2.05) is 0 Å². The van der Waals surface area contributed by atoms with Gasteiger partial charge in [-0.1, -0.05) is 35.4 Å². The van der Waals surface area contributed by atoms with Crippen LogP contribution in [0.1, 0.15) is 21.6 Å². The largest absolute Gasteiger partial charge is 0.434 e. The average Bonchev–Trinajstić information content (AvgIpc) is 3.13. The van der Waals surface area contributed by atoms with Crippen molar-refractivity contribution in [2.24, 2.45) is 0 Å². The Hall–Kier alpha value is -3.33. The first-order valence-corrected chi connectivity index (χ1v) is 9.47. The maximum Gasteiger partial charge on any atom is 0.434 e. The van der Waals surface area contributed by atoms with E-state index >= 15 is 0 Å². The van der Waals surface area contributed by atoms with E-state index in [1.165, 1.54) is 25.2 Å². The van der Waals surface area contributed by atoms with Gasteiger partial charge in [0.1, 0.15) is 0 Å².